The summed E-state index contributed by atoms with van der Waals surface area (Å²) < 4.78 is 0. The highest BCUT2D eigenvalue weighted by molar-refractivity contribution is 5.29. The lowest BCUT2D eigenvalue weighted by Gasteiger charge is -2.24. The Balaban J connectivity index is 2.29. The van der Waals surface area contributed by atoms with Gasteiger partial charge in [0.15, 0.2) is 0 Å². The molecule has 3 atom stereocenters. The van der Waals surface area contributed by atoms with Crippen LogP contribution in [0.15, 0.2) is 24.3 Å². The molecule has 0 spiro atoms. The van der Waals surface area contributed by atoms with Gasteiger partial charge in [-0.05, 0) is 37.7 Å². The van der Waals surface area contributed by atoms with E-state index in [1.807, 2.05) is 19.1 Å². The van der Waals surface area contributed by atoms with Crippen molar-refractivity contribution in [2.45, 2.75) is 32.8 Å². The summed E-state index contributed by atoms with van der Waals surface area (Å²) >= 11 is 0. The Morgan fingerprint density at radius 3 is 2.57 bits per heavy atom. The van der Waals surface area contributed by atoms with Crippen LogP contribution in [0.5, 0.6) is 0 Å². The van der Waals surface area contributed by atoms with Crippen LogP contribution < -0.4 is 0 Å². The molecule has 0 amide bonds. The van der Waals surface area contributed by atoms with E-state index < -0.39 is 5.60 Å². The lowest BCUT2D eigenvalue weighted by molar-refractivity contribution is 0.0282. The molecule has 1 aromatic rings. The Labute approximate surface area is 85.8 Å². The largest absolute Gasteiger partial charge is 0.385 e. The summed E-state index contributed by atoms with van der Waals surface area (Å²) in [6.07, 6.45) is 1.15. The Kier molecular flexibility index (Phi) is 2.15. The molecular formula is C13H18O. The number of benzene rings is 1. The van der Waals surface area contributed by atoms with Crippen LogP contribution in [-0.4, -0.2) is 5.11 Å². The molecule has 1 fully saturated rings. The van der Waals surface area contributed by atoms with Gasteiger partial charge >= 0.3 is 0 Å². The molecule has 1 nitrogen and oxygen atoms in total. The third kappa shape index (κ3) is 1.57. The van der Waals surface area contributed by atoms with Gasteiger partial charge in [0, 0.05) is 0 Å². The average Bonchev–Trinajstić information content (AvgIpc) is 2.83. The molecule has 1 heteroatoms. The highest BCUT2D eigenvalue weighted by Gasteiger charge is 2.47. The first-order chi connectivity index (χ1) is 6.51. The summed E-state index contributed by atoms with van der Waals surface area (Å²) in [5.74, 6) is 1.12. The molecule has 76 valence electrons. The van der Waals surface area contributed by atoms with Crippen molar-refractivity contribution < 1.29 is 5.11 Å². The number of aliphatic hydroxyl groups is 1. The summed E-state index contributed by atoms with van der Waals surface area (Å²) in [7, 11) is 0. The van der Waals surface area contributed by atoms with Crippen LogP contribution in [0.4, 0.5) is 0 Å². The summed E-state index contributed by atoms with van der Waals surface area (Å²) in [6, 6.07) is 8.20. The van der Waals surface area contributed by atoms with Gasteiger partial charge in [0.2, 0.25) is 0 Å². The van der Waals surface area contributed by atoms with Crippen LogP contribution in [0, 0.1) is 18.8 Å². The summed E-state index contributed by atoms with van der Waals surface area (Å²) in [4.78, 5) is 0. The van der Waals surface area contributed by atoms with E-state index in [4.69, 9.17) is 0 Å². The minimum absolute atomic E-state index is 0.448. The van der Waals surface area contributed by atoms with Crippen LogP contribution in [0.25, 0.3) is 0 Å². The zero-order valence-electron chi connectivity index (χ0n) is 9.12. The van der Waals surface area contributed by atoms with Crippen LogP contribution in [-0.2, 0) is 5.60 Å². The van der Waals surface area contributed by atoms with Crippen LogP contribution in [0.2, 0.25) is 0 Å². The minimum atomic E-state index is -0.633. The molecule has 1 aliphatic carbocycles. The third-order valence-electron chi connectivity index (χ3n) is 3.43. The fourth-order valence-corrected chi connectivity index (χ4v) is 2.28. The second kappa shape index (κ2) is 3.09. The van der Waals surface area contributed by atoms with E-state index >= 15 is 0 Å². The highest BCUT2D eigenvalue weighted by Crippen LogP contribution is 2.50. The first-order valence-electron chi connectivity index (χ1n) is 5.31. The van der Waals surface area contributed by atoms with Gasteiger partial charge in [-0.25, -0.2) is 0 Å². The van der Waals surface area contributed by atoms with E-state index in [1.165, 1.54) is 5.56 Å². The zero-order chi connectivity index (χ0) is 10.3. The maximum atomic E-state index is 10.4. The molecule has 0 bridgehead atoms. The van der Waals surface area contributed by atoms with E-state index in [2.05, 4.69) is 26.0 Å². The molecule has 1 N–H and O–H groups in total. The van der Waals surface area contributed by atoms with Crippen LogP contribution >= 0.6 is 0 Å². The van der Waals surface area contributed by atoms with Crippen molar-refractivity contribution in [3.8, 4) is 0 Å². The zero-order valence-corrected chi connectivity index (χ0v) is 9.12. The molecule has 2 rings (SSSR count). The topological polar surface area (TPSA) is 20.2 Å². The molecule has 0 radical (unpaired) electrons. The van der Waals surface area contributed by atoms with Crippen molar-refractivity contribution in [3.63, 3.8) is 0 Å². The van der Waals surface area contributed by atoms with E-state index in [0.29, 0.717) is 11.8 Å². The lowest BCUT2D eigenvalue weighted by atomic mass is 9.89. The summed E-state index contributed by atoms with van der Waals surface area (Å²) in [5, 5.41) is 10.4. The molecular weight excluding hydrogens is 172 g/mol. The second-order valence-corrected chi connectivity index (χ2v) is 4.84. The van der Waals surface area contributed by atoms with Gasteiger partial charge in [-0.2, -0.15) is 0 Å². The van der Waals surface area contributed by atoms with Crippen LogP contribution in [0.1, 0.15) is 31.4 Å². The Morgan fingerprint density at radius 1 is 1.43 bits per heavy atom. The summed E-state index contributed by atoms with van der Waals surface area (Å²) in [6.45, 7) is 6.21. The number of hydrogen-bond acceptors (Lipinski definition) is 1. The number of rotatable bonds is 2. The van der Waals surface area contributed by atoms with Gasteiger partial charge in [0.1, 0.15) is 0 Å². The summed E-state index contributed by atoms with van der Waals surface area (Å²) in [5.41, 5.74) is 1.65. The molecule has 0 heterocycles. The molecule has 1 saturated carbocycles. The van der Waals surface area contributed by atoms with Gasteiger partial charge in [0.25, 0.3) is 0 Å². The van der Waals surface area contributed by atoms with E-state index in [1.54, 1.807) is 0 Å². The standard InChI is InChI=1S/C13H18O/c1-9-5-4-6-11(7-9)13(3,14)12-8-10(12)2/h4-7,10,12,14H,8H2,1-3H3. The first-order valence-corrected chi connectivity index (χ1v) is 5.31. The Morgan fingerprint density at radius 2 is 2.07 bits per heavy atom. The van der Waals surface area contributed by atoms with Gasteiger partial charge in [0.05, 0.1) is 5.60 Å². The second-order valence-electron chi connectivity index (χ2n) is 4.84. The van der Waals surface area contributed by atoms with E-state index in [9.17, 15) is 5.11 Å². The first kappa shape index (κ1) is 9.72. The maximum Gasteiger partial charge on any atom is 0.0899 e. The molecule has 1 aliphatic rings. The molecule has 0 aromatic heterocycles. The van der Waals surface area contributed by atoms with E-state index in [-0.39, 0.29) is 0 Å². The average molecular weight is 190 g/mol. The minimum Gasteiger partial charge on any atom is -0.385 e. The van der Waals surface area contributed by atoms with Crippen molar-refractivity contribution in [2.75, 3.05) is 0 Å². The van der Waals surface area contributed by atoms with Gasteiger partial charge in [-0.3, -0.25) is 0 Å². The van der Waals surface area contributed by atoms with Crippen molar-refractivity contribution in [1.82, 2.24) is 0 Å². The Bertz CT molecular complexity index is 341. The van der Waals surface area contributed by atoms with E-state index in [0.717, 1.165) is 12.0 Å². The van der Waals surface area contributed by atoms with Gasteiger partial charge in [-0.1, -0.05) is 36.8 Å². The molecule has 14 heavy (non-hydrogen) atoms. The van der Waals surface area contributed by atoms with Crippen molar-refractivity contribution >= 4 is 0 Å². The van der Waals surface area contributed by atoms with Crippen molar-refractivity contribution in [2.24, 2.45) is 11.8 Å². The predicted octanol–water partition coefficient (Wildman–Crippen LogP) is 2.86. The van der Waals surface area contributed by atoms with Crippen LogP contribution in [0.3, 0.4) is 0 Å². The normalized spacial score (nSPS) is 29.7. The fraction of sp³-hybridized carbons (Fsp3) is 0.538. The molecule has 0 saturated heterocycles. The fourth-order valence-electron chi connectivity index (χ4n) is 2.28. The van der Waals surface area contributed by atoms with Gasteiger partial charge in [-0.15, -0.1) is 0 Å². The molecule has 0 aliphatic heterocycles. The van der Waals surface area contributed by atoms with Crippen molar-refractivity contribution in [3.05, 3.63) is 35.4 Å². The van der Waals surface area contributed by atoms with Crippen molar-refractivity contribution in [1.29, 1.82) is 0 Å². The lowest BCUT2D eigenvalue weighted by Crippen LogP contribution is -2.24. The molecule has 3 unspecified atom stereocenters. The quantitative estimate of drug-likeness (QED) is 0.760. The third-order valence-corrected chi connectivity index (χ3v) is 3.43. The predicted molar refractivity (Wildman–Crippen MR) is 58.0 cm³/mol. The van der Waals surface area contributed by atoms with Gasteiger partial charge < -0.3 is 5.11 Å². The highest BCUT2D eigenvalue weighted by atomic mass is 16.3. The monoisotopic (exact) mass is 190 g/mol. The SMILES string of the molecule is Cc1cccc(C(C)(O)C2CC2C)c1. The Hall–Kier alpha value is -0.820. The number of aryl methyl sites for hydroxylation is 1. The smallest absolute Gasteiger partial charge is 0.0899 e. The molecule has 1 aromatic carbocycles. The maximum absolute atomic E-state index is 10.4. The number of hydrogen-bond donors (Lipinski definition) is 1.